The van der Waals surface area contributed by atoms with Crippen LogP contribution in [0.5, 0.6) is 0 Å². The monoisotopic (exact) mass is 522 g/mol. The van der Waals surface area contributed by atoms with Crippen molar-refractivity contribution in [3.8, 4) is 0 Å². The Kier molecular flexibility index (Phi) is 8.03. The first kappa shape index (κ1) is 26.5. The van der Waals surface area contributed by atoms with Gasteiger partial charge in [-0.05, 0) is 13.3 Å². The fraction of sp³-hybridized carbons (Fsp3) is 0.700. The first-order valence-electron chi connectivity index (χ1n) is 10.7. The molecule has 0 saturated carbocycles. The van der Waals surface area contributed by atoms with Crippen molar-refractivity contribution in [1.82, 2.24) is 20.4 Å². The van der Waals surface area contributed by atoms with Crippen molar-refractivity contribution in [2.24, 2.45) is 11.8 Å². The van der Waals surface area contributed by atoms with E-state index in [-0.39, 0.29) is 28.8 Å². The summed E-state index contributed by atoms with van der Waals surface area (Å²) in [6.45, 7) is 3.86. The lowest BCUT2D eigenvalue weighted by Crippen LogP contribution is -2.66. The molecule has 7 atom stereocenters. The number of nitrogens with zero attached hydrogens (tertiary/aromatic N) is 2. The zero-order valence-electron chi connectivity index (χ0n) is 19.1. The third-order valence-corrected chi connectivity index (χ3v) is 8.77. The van der Waals surface area contributed by atoms with Gasteiger partial charge < -0.3 is 25.5 Å². The highest BCUT2D eigenvalue weighted by molar-refractivity contribution is 8.03. The van der Waals surface area contributed by atoms with Crippen LogP contribution in [0.1, 0.15) is 20.3 Å². The summed E-state index contributed by atoms with van der Waals surface area (Å²) in [6, 6.07) is -1.63. The number of β-lactam (4-membered cyclic amide) rings is 1. The summed E-state index contributed by atoms with van der Waals surface area (Å²) in [6.07, 6.45) is 0.514. The molecule has 2 saturated heterocycles. The molecule has 14 heteroatoms. The Morgan fingerprint density at radius 1 is 1.35 bits per heavy atom. The van der Waals surface area contributed by atoms with Crippen LogP contribution >= 0.6 is 11.8 Å². The number of fused-ring (bicyclic) bond motifs is 1. The van der Waals surface area contributed by atoms with Gasteiger partial charge in [0.1, 0.15) is 11.4 Å². The minimum absolute atomic E-state index is 0.0607. The number of hydrogen-bond acceptors (Lipinski definition) is 7. The molecule has 190 valence electrons. The molecular formula is C20H28F2N4O6S2. The second-order valence-electron chi connectivity index (χ2n) is 8.84. The molecule has 3 rings (SSSR count). The van der Waals surface area contributed by atoms with Crippen molar-refractivity contribution in [3.05, 3.63) is 10.6 Å². The predicted molar refractivity (Wildman–Crippen MR) is 121 cm³/mol. The Morgan fingerprint density at radius 3 is 2.56 bits per heavy atom. The van der Waals surface area contributed by atoms with Crippen LogP contribution in [-0.2, 0) is 30.0 Å². The molecule has 1 unspecified atom stereocenters. The molecule has 3 N–H and O–H groups in total. The molecule has 3 amide bonds. The van der Waals surface area contributed by atoms with Crippen molar-refractivity contribution < 1.29 is 37.3 Å². The van der Waals surface area contributed by atoms with E-state index in [1.807, 2.05) is 0 Å². The molecular weight excluding hydrogens is 494 g/mol. The maximum absolute atomic E-state index is 12.9. The highest BCUT2D eigenvalue weighted by atomic mass is 32.2. The second-order valence-corrected chi connectivity index (χ2v) is 11.6. The SMILES string of the molecule is C[C@@H](NC(=O)CS(=O)C(F)F)[C@H]1C(=O)N2C(C(=O)O)=C(S[C@@H]3CN[C@H](C(=O)N(C)C)C3)[C@H](C)[C@H]12. The summed E-state index contributed by atoms with van der Waals surface area (Å²) < 4.78 is 36.2. The molecule has 34 heavy (non-hydrogen) atoms. The van der Waals surface area contributed by atoms with Gasteiger partial charge in [0, 0.05) is 42.8 Å². The minimum Gasteiger partial charge on any atom is -0.477 e. The van der Waals surface area contributed by atoms with Gasteiger partial charge in [-0.3, -0.25) is 18.6 Å². The zero-order valence-corrected chi connectivity index (χ0v) is 20.8. The number of hydrogen-bond donors (Lipinski definition) is 3. The van der Waals surface area contributed by atoms with Crippen LogP contribution in [0.4, 0.5) is 8.78 Å². The van der Waals surface area contributed by atoms with E-state index in [0.717, 1.165) is 0 Å². The summed E-state index contributed by atoms with van der Waals surface area (Å²) in [5.41, 5.74) is -0.0940. The van der Waals surface area contributed by atoms with Crippen molar-refractivity contribution >= 4 is 46.3 Å². The maximum atomic E-state index is 12.9. The van der Waals surface area contributed by atoms with Gasteiger partial charge >= 0.3 is 11.7 Å². The average molecular weight is 523 g/mol. The van der Waals surface area contributed by atoms with E-state index in [0.29, 0.717) is 17.9 Å². The van der Waals surface area contributed by atoms with Crippen LogP contribution in [0, 0.1) is 11.8 Å². The Hall–Kier alpha value is -2.06. The van der Waals surface area contributed by atoms with Gasteiger partial charge in [-0.2, -0.15) is 8.78 Å². The van der Waals surface area contributed by atoms with Gasteiger partial charge in [0.25, 0.3) is 0 Å². The van der Waals surface area contributed by atoms with Crippen LogP contribution in [-0.4, -0.2) is 98.3 Å². The Bertz CT molecular complexity index is 946. The number of carbonyl (C=O) groups is 4. The normalized spacial score (nSPS) is 30.1. The number of halogens is 2. The largest absolute Gasteiger partial charge is 0.477 e. The summed E-state index contributed by atoms with van der Waals surface area (Å²) in [5, 5.41) is 15.4. The number of rotatable bonds is 9. The van der Waals surface area contributed by atoms with Crippen LogP contribution in [0.3, 0.4) is 0 Å². The third kappa shape index (κ3) is 4.98. The van der Waals surface area contributed by atoms with Crippen LogP contribution in [0.2, 0.25) is 0 Å². The highest BCUT2D eigenvalue weighted by Gasteiger charge is 2.60. The van der Waals surface area contributed by atoms with E-state index in [1.54, 1.807) is 27.9 Å². The zero-order chi connectivity index (χ0) is 25.5. The lowest BCUT2D eigenvalue weighted by molar-refractivity contribution is -0.158. The van der Waals surface area contributed by atoms with Crippen molar-refractivity contribution in [2.75, 3.05) is 26.4 Å². The van der Waals surface area contributed by atoms with Gasteiger partial charge in [0.05, 0.1) is 28.8 Å². The fourth-order valence-corrected chi connectivity index (χ4v) is 6.69. The number of carbonyl (C=O) groups excluding carboxylic acids is 3. The fourth-order valence-electron chi connectivity index (χ4n) is 4.75. The molecule has 0 bridgehead atoms. The molecule has 3 heterocycles. The average Bonchev–Trinajstić information content (AvgIpc) is 3.29. The standard InChI is InChI=1S/C20H28F2N4O6S2/c1-8-14-13(9(2)24-12(27)7-34(32)20(21)22)18(29)26(14)15(19(30)31)16(8)33-10-5-11(23-6-10)17(28)25(3)4/h8-11,13-14,20,23H,5-7H2,1-4H3,(H,24,27)(H,30,31)/t8-,9-,10+,11+,13-,14-,34?/m1/s1. The van der Waals surface area contributed by atoms with Crippen molar-refractivity contribution in [2.45, 2.75) is 49.4 Å². The smallest absolute Gasteiger partial charge is 0.353 e. The van der Waals surface area contributed by atoms with Gasteiger partial charge in [-0.1, -0.05) is 6.92 Å². The highest BCUT2D eigenvalue weighted by Crippen LogP contribution is 2.51. The molecule has 0 aliphatic carbocycles. The summed E-state index contributed by atoms with van der Waals surface area (Å²) >= 11 is 1.34. The first-order valence-corrected chi connectivity index (χ1v) is 13.0. The molecule has 3 aliphatic rings. The third-order valence-electron chi connectivity index (χ3n) is 6.31. The molecule has 10 nitrogen and oxygen atoms in total. The Labute approximate surface area is 202 Å². The van der Waals surface area contributed by atoms with E-state index in [2.05, 4.69) is 10.6 Å². The van der Waals surface area contributed by atoms with Crippen LogP contribution in [0.15, 0.2) is 10.6 Å². The van der Waals surface area contributed by atoms with Gasteiger partial charge in [0.2, 0.25) is 17.7 Å². The number of thioether (sulfide) groups is 1. The number of alkyl halides is 2. The van der Waals surface area contributed by atoms with Crippen LogP contribution < -0.4 is 10.6 Å². The number of likely N-dealkylation sites (N-methyl/N-ethyl adjacent to an activating group) is 1. The molecule has 3 aliphatic heterocycles. The van der Waals surface area contributed by atoms with E-state index in [1.165, 1.54) is 21.6 Å². The Balaban J connectivity index is 1.70. The van der Waals surface area contributed by atoms with E-state index < -0.39 is 58.1 Å². The first-order chi connectivity index (χ1) is 15.8. The Morgan fingerprint density at radius 2 is 2.00 bits per heavy atom. The summed E-state index contributed by atoms with van der Waals surface area (Å²) in [5.74, 6) is -7.74. The molecule has 0 aromatic rings. The van der Waals surface area contributed by atoms with E-state index in [9.17, 15) is 37.3 Å². The molecule has 2 fully saturated rings. The van der Waals surface area contributed by atoms with Crippen molar-refractivity contribution in [3.63, 3.8) is 0 Å². The lowest BCUT2D eigenvalue weighted by atomic mass is 9.78. The topological polar surface area (TPSA) is 136 Å². The lowest BCUT2D eigenvalue weighted by Gasteiger charge is -2.47. The second kappa shape index (κ2) is 10.3. The van der Waals surface area contributed by atoms with E-state index >= 15 is 0 Å². The quantitative estimate of drug-likeness (QED) is 0.354. The van der Waals surface area contributed by atoms with E-state index in [4.69, 9.17) is 0 Å². The maximum Gasteiger partial charge on any atom is 0.353 e. The molecule has 0 aromatic carbocycles. The van der Waals surface area contributed by atoms with Gasteiger partial charge in [-0.15, -0.1) is 11.8 Å². The van der Waals surface area contributed by atoms with Gasteiger partial charge in [0.15, 0.2) is 0 Å². The molecule has 0 spiro atoms. The van der Waals surface area contributed by atoms with Gasteiger partial charge in [-0.25, -0.2) is 4.79 Å². The molecule has 0 radical (unpaired) electrons. The van der Waals surface area contributed by atoms with Crippen LogP contribution in [0.25, 0.3) is 0 Å². The summed E-state index contributed by atoms with van der Waals surface area (Å²) in [4.78, 5) is 52.4. The number of nitrogens with one attached hydrogen (secondary N) is 2. The van der Waals surface area contributed by atoms with Crippen molar-refractivity contribution in [1.29, 1.82) is 0 Å². The molecule has 0 aromatic heterocycles. The predicted octanol–water partition coefficient (Wildman–Crippen LogP) is -0.213. The number of carboxylic acid groups (broad SMARTS) is 1. The minimum atomic E-state index is -3.14. The number of aliphatic carboxylic acids is 1. The number of amides is 3. The number of carboxylic acids is 1. The summed E-state index contributed by atoms with van der Waals surface area (Å²) in [7, 11) is 0.697.